The second kappa shape index (κ2) is 4.55. The van der Waals surface area contributed by atoms with Crippen LogP contribution in [0.3, 0.4) is 0 Å². The summed E-state index contributed by atoms with van der Waals surface area (Å²) in [7, 11) is 0. The molecule has 0 aliphatic rings. The zero-order valence-electron chi connectivity index (χ0n) is 9.37. The largest absolute Gasteiger partial charge is 0.384 e. The van der Waals surface area contributed by atoms with E-state index in [9.17, 15) is 9.90 Å². The Labute approximate surface area is 89.9 Å². The average Bonchev–Trinajstić information content (AvgIpc) is 2.21. The van der Waals surface area contributed by atoms with Crippen molar-refractivity contribution in [1.29, 1.82) is 0 Å². The lowest BCUT2D eigenvalue weighted by molar-refractivity contribution is 0.0762. The molecule has 1 unspecified atom stereocenters. The maximum atomic E-state index is 11.7. The number of hydrogen-bond donors (Lipinski definition) is 2. The molecular formula is C12H17NO2. The number of aliphatic hydroxyl groups excluding tert-OH is 1. The first-order valence-corrected chi connectivity index (χ1v) is 4.97. The maximum absolute atomic E-state index is 11.7. The lowest BCUT2D eigenvalue weighted by atomic mass is 9.96. The van der Waals surface area contributed by atoms with Crippen molar-refractivity contribution in [2.75, 3.05) is 6.54 Å². The van der Waals surface area contributed by atoms with Gasteiger partial charge in [-0.1, -0.05) is 6.07 Å². The standard InChI is InChI=1S/C12H17NO2/c1-7-4-9(3)10(5-8(7)2)12(15)11(14)6-13/h4-5,11,14H,6,13H2,1-3H3. The smallest absolute Gasteiger partial charge is 0.192 e. The predicted octanol–water partition coefficient (Wildman–Crippen LogP) is 1.11. The predicted molar refractivity (Wildman–Crippen MR) is 60.0 cm³/mol. The second-order valence-corrected chi connectivity index (χ2v) is 3.87. The Morgan fingerprint density at radius 2 is 1.80 bits per heavy atom. The van der Waals surface area contributed by atoms with E-state index in [0.717, 1.165) is 16.7 Å². The van der Waals surface area contributed by atoms with Crippen LogP contribution in [0.2, 0.25) is 0 Å². The monoisotopic (exact) mass is 207 g/mol. The highest BCUT2D eigenvalue weighted by Gasteiger charge is 2.17. The number of carbonyl (C=O) groups excluding carboxylic acids is 1. The summed E-state index contributed by atoms with van der Waals surface area (Å²) in [5, 5.41) is 9.39. The Hall–Kier alpha value is -1.19. The van der Waals surface area contributed by atoms with Gasteiger partial charge < -0.3 is 10.8 Å². The summed E-state index contributed by atoms with van der Waals surface area (Å²) in [6.07, 6.45) is -1.09. The third-order valence-corrected chi connectivity index (χ3v) is 2.63. The molecule has 82 valence electrons. The lowest BCUT2D eigenvalue weighted by Crippen LogP contribution is -2.29. The van der Waals surface area contributed by atoms with E-state index in [1.807, 2.05) is 32.9 Å². The van der Waals surface area contributed by atoms with Crippen molar-refractivity contribution >= 4 is 5.78 Å². The SMILES string of the molecule is Cc1cc(C)c(C(=O)C(O)CN)cc1C. The minimum absolute atomic E-state index is 0.0365. The molecule has 1 atom stereocenters. The minimum atomic E-state index is -1.09. The van der Waals surface area contributed by atoms with E-state index in [2.05, 4.69) is 0 Å². The van der Waals surface area contributed by atoms with Gasteiger partial charge in [-0.05, 0) is 43.5 Å². The molecule has 0 aromatic heterocycles. The molecule has 0 amide bonds. The van der Waals surface area contributed by atoms with Crippen molar-refractivity contribution in [1.82, 2.24) is 0 Å². The Bertz CT molecular complexity index is 385. The summed E-state index contributed by atoms with van der Waals surface area (Å²) in [6.45, 7) is 5.77. The normalized spacial score (nSPS) is 12.6. The van der Waals surface area contributed by atoms with E-state index < -0.39 is 6.10 Å². The van der Waals surface area contributed by atoms with Crippen molar-refractivity contribution in [2.24, 2.45) is 5.73 Å². The number of ketones is 1. The van der Waals surface area contributed by atoms with Crippen molar-refractivity contribution < 1.29 is 9.90 Å². The van der Waals surface area contributed by atoms with Crippen LogP contribution < -0.4 is 5.73 Å². The molecule has 3 nitrogen and oxygen atoms in total. The minimum Gasteiger partial charge on any atom is -0.384 e. The van der Waals surface area contributed by atoms with Gasteiger partial charge in [-0.15, -0.1) is 0 Å². The third-order valence-electron chi connectivity index (χ3n) is 2.63. The quantitative estimate of drug-likeness (QED) is 0.730. The number of rotatable bonds is 3. The number of aryl methyl sites for hydroxylation is 3. The van der Waals surface area contributed by atoms with Crippen LogP contribution in [-0.4, -0.2) is 23.5 Å². The van der Waals surface area contributed by atoms with Gasteiger partial charge in [0.25, 0.3) is 0 Å². The molecule has 0 saturated carbocycles. The molecule has 0 spiro atoms. The first-order chi connectivity index (χ1) is 6.97. The van der Waals surface area contributed by atoms with Crippen LogP contribution >= 0.6 is 0 Å². The zero-order chi connectivity index (χ0) is 11.6. The number of aliphatic hydroxyl groups is 1. The summed E-state index contributed by atoms with van der Waals surface area (Å²) in [5.74, 6) is -0.293. The summed E-state index contributed by atoms with van der Waals surface area (Å²) >= 11 is 0. The molecule has 0 bridgehead atoms. The van der Waals surface area contributed by atoms with Crippen molar-refractivity contribution in [3.05, 3.63) is 34.4 Å². The van der Waals surface area contributed by atoms with Crippen LogP contribution in [0.25, 0.3) is 0 Å². The topological polar surface area (TPSA) is 63.3 Å². The van der Waals surface area contributed by atoms with Gasteiger partial charge in [0.1, 0.15) is 6.10 Å². The molecule has 1 aromatic rings. The number of benzene rings is 1. The molecule has 3 N–H and O–H groups in total. The lowest BCUT2D eigenvalue weighted by Gasteiger charge is -2.11. The van der Waals surface area contributed by atoms with Gasteiger partial charge in [-0.2, -0.15) is 0 Å². The van der Waals surface area contributed by atoms with Gasteiger partial charge in [0.05, 0.1) is 0 Å². The van der Waals surface area contributed by atoms with Crippen LogP contribution in [0, 0.1) is 20.8 Å². The molecule has 1 aromatic carbocycles. The Morgan fingerprint density at radius 3 is 2.33 bits per heavy atom. The van der Waals surface area contributed by atoms with Gasteiger partial charge in [0.2, 0.25) is 0 Å². The highest BCUT2D eigenvalue weighted by molar-refractivity contribution is 6.00. The van der Waals surface area contributed by atoms with E-state index >= 15 is 0 Å². The molecule has 0 heterocycles. The van der Waals surface area contributed by atoms with Crippen LogP contribution in [0.1, 0.15) is 27.0 Å². The number of carbonyl (C=O) groups is 1. The fourth-order valence-electron chi connectivity index (χ4n) is 1.51. The van der Waals surface area contributed by atoms with E-state index in [1.165, 1.54) is 0 Å². The van der Waals surface area contributed by atoms with Gasteiger partial charge in [0, 0.05) is 12.1 Å². The van der Waals surface area contributed by atoms with Crippen LogP contribution in [0.4, 0.5) is 0 Å². The fourth-order valence-corrected chi connectivity index (χ4v) is 1.51. The highest BCUT2D eigenvalue weighted by Crippen LogP contribution is 2.16. The summed E-state index contributed by atoms with van der Waals surface area (Å²) in [6, 6.07) is 3.76. The first kappa shape index (κ1) is 11.9. The summed E-state index contributed by atoms with van der Waals surface area (Å²) in [5.41, 5.74) is 8.90. The van der Waals surface area contributed by atoms with E-state index in [-0.39, 0.29) is 12.3 Å². The molecule has 1 rings (SSSR count). The third kappa shape index (κ3) is 2.43. The molecule has 3 heteroatoms. The molecular weight excluding hydrogens is 190 g/mol. The molecule has 0 radical (unpaired) electrons. The number of Topliss-reactive ketones (excluding diaryl/α,β-unsaturated/α-hetero) is 1. The van der Waals surface area contributed by atoms with Crippen LogP contribution in [0.15, 0.2) is 12.1 Å². The van der Waals surface area contributed by atoms with Gasteiger partial charge >= 0.3 is 0 Å². The number of nitrogens with two attached hydrogens (primary N) is 1. The first-order valence-electron chi connectivity index (χ1n) is 4.97. The molecule has 15 heavy (non-hydrogen) atoms. The number of hydrogen-bond acceptors (Lipinski definition) is 3. The maximum Gasteiger partial charge on any atom is 0.192 e. The highest BCUT2D eigenvalue weighted by atomic mass is 16.3. The van der Waals surface area contributed by atoms with Crippen molar-refractivity contribution in [3.63, 3.8) is 0 Å². The second-order valence-electron chi connectivity index (χ2n) is 3.87. The zero-order valence-corrected chi connectivity index (χ0v) is 9.37. The Kier molecular flexibility index (Phi) is 3.61. The molecule has 0 fully saturated rings. The average molecular weight is 207 g/mol. The van der Waals surface area contributed by atoms with Gasteiger partial charge in [-0.3, -0.25) is 4.79 Å². The molecule has 0 aliphatic carbocycles. The van der Waals surface area contributed by atoms with Crippen molar-refractivity contribution in [3.8, 4) is 0 Å². The van der Waals surface area contributed by atoms with E-state index in [4.69, 9.17) is 5.73 Å². The Morgan fingerprint density at radius 1 is 1.27 bits per heavy atom. The van der Waals surface area contributed by atoms with E-state index in [1.54, 1.807) is 0 Å². The van der Waals surface area contributed by atoms with E-state index in [0.29, 0.717) is 5.56 Å². The molecule has 0 aliphatic heterocycles. The fraction of sp³-hybridized carbons (Fsp3) is 0.417. The van der Waals surface area contributed by atoms with Crippen LogP contribution in [-0.2, 0) is 0 Å². The summed E-state index contributed by atoms with van der Waals surface area (Å²) in [4.78, 5) is 11.7. The van der Waals surface area contributed by atoms with Crippen molar-refractivity contribution in [2.45, 2.75) is 26.9 Å². The molecule has 0 saturated heterocycles. The Balaban J connectivity index is 3.15. The summed E-state index contributed by atoms with van der Waals surface area (Å²) < 4.78 is 0. The van der Waals surface area contributed by atoms with Crippen LogP contribution in [0.5, 0.6) is 0 Å². The van der Waals surface area contributed by atoms with Gasteiger partial charge in [0.15, 0.2) is 5.78 Å². The van der Waals surface area contributed by atoms with Gasteiger partial charge in [-0.25, -0.2) is 0 Å².